The quantitative estimate of drug-likeness (QED) is 0.398. The first-order valence-electron chi connectivity index (χ1n) is 8.39. The molecule has 26 heavy (non-hydrogen) atoms. The van der Waals surface area contributed by atoms with Gasteiger partial charge in [-0.15, -0.1) is 22.7 Å². The summed E-state index contributed by atoms with van der Waals surface area (Å²) in [5, 5.41) is 2.88. The number of nitrogens with zero attached hydrogens (tertiary/aromatic N) is 2. The highest BCUT2D eigenvalue weighted by atomic mass is 79.9. The van der Waals surface area contributed by atoms with Crippen molar-refractivity contribution >= 4 is 71.4 Å². The van der Waals surface area contributed by atoms with Crippen molar-refractivity contribution in [1.29, 1.82) is 0 Å². The number of amides is 1. The fourth-order valence-corrected chi connectivity index (χ4v) is 6.38. The summed E-state index contributed by atoms with van der Waals surface area (Å²) in [7, 11) is 0. The van der Waals surface area contributed by atoms with E-state index in [1.807, 2.05) is 38.3 Å². The fourth-order valence-electron chi connectivity index (χ4n) is 2.46. The lowest BCUT2D eigenvalue weighted by Crippen LogP contribution is -2.36. The van der Waals surface area contributed by atoms with Crippen LogP contribution in [-0.4, -0.2) is 16.1 Å². The molecule has 0 unspecified atom stereocenters. The predicted octanol–water partition coefficient (Wildman–Crippen LogP) is 7.08. The Morgan fingerprint density at radius 1 is 1.38 bits per heavy atom. The number of carbonyl (C=O) groups is 1. The summed E-state index contributed by atoms with van der Waals surface area (Å²) in [5.74, 6) is 0. The average Bonchev–Trinajstić information content (AvgIpc) is 3.24. The van der Waals surface area contributed by atoms with Crippen LogP contribution in [0.5, 0.6) is 0 Å². The zero-order chi connectivity index (χ0) is 18.9. The molecular formula is C18H21BrN2O2S3. The second-order valence-corrected chi connectivity index (χ2v) is 10.6. The van der Waals surface area contributed by atoms with Crippen molar-refractivity contribution in [2.45, 2.75) is 52.7 Å². The Kier molecular flexibility index (Phi) is 6.06. The maximum atomic E-state index is 12.9. The summed E-state index contributed by atoms with van der Waals surface area (Å²) >= 11 is 8.39. The number of thiophene rings is 2. The average molecular weight is 473 g/mol. The van der Waals surface area contributed by atoms with E-state index in [4.69, 9.17) is 4.74 Å². The SMILES string of the molecule is CCCc1sc2c(N(Cc3cccs3)C(=O)OC(C)(C)C)snc2c1Br. The molecule has 0 aliphatic carbocycles. The third kappa shape index (κ3) is 4.30. The Balaban J connectivity index is 2.02. The summed E-state index contributed by atoms with van der Waals surface area (Å²) in [6.45, 7) is 8.31. The summed E-state index contributed by atoms with van der Waals surface area (Å²) in [5.41, 5.74) is 0.399. The highest BCUT2D eigenvalue weighted by Crippen LogP contribution is 2.44. The van der Waals surface area contributed by atoms with Crippen molar-refractivity contribution in [3.63, 3.8) is 0 Å². The van der Waals surface area contributed by atoms with E-state index < -0.39 is 5.60 Å². The third-order valence-corrected chi connectivity index (χ3v) is 7.76. The number of hydrogen-bond acceptors (Lipinski definition) is 6. The molecule has 3 aromatic heterocycles. The fraction of sp³-hybridized carbons (Fsp3) is 0.444. The molecule has 0 aliphatic heterocycles. The Bertz CT molecular complexity index is 894. The van der Waals surface area contributed by atoms with Crippen molar-refractivity contribution < 1.29 is 9.53 Å². The molecule has 4 nitrogen and oxygen atoms in total. The van der Waals surface area contributed by atoms with E-state index in [1.165, 1.54) is 16.4 Å². The predicted molar refractivity (Wildman–Crippen MR) is 116 cm³/mol. The molecule has 0 aromatic carbocycles. The van der Waals surface area contributed by atoms with Gasteiger partial charge in [-0.1, -0.05) is 19.4 Å². The summed E-state index contributed by atoms with van der Waals surface area (Å²) in [6, 6.07) is 4.03. The van der Waals surface area contributed by atoms with Crippen molar-refractivity contribution in [1.82, 2.24) is 4.37 Å². The Morgan fingerprint density at radius 3 is 2.77 bits per heavy atom. The molecule has 3 rings (SSSR count). The first-order valence-corrected chi connectivity index (χ1v) is 11.7. The van der Waals surface area contributed by atoms with Gasteiger partial charge in [0.1, 0.15) is 16.1 Å². The first kappa shape index (κ1) is 19.8. The molecule has 3 aromatic rings. The molecule has 1 amide bonds. The lowest BCUT2D eigenvalue weighted by Gasteiger charge is -2.26. The van der Waals surface area contributed by atoms with Gasteiger partial charge in [0.05, 0.1) is 15.7 Å². The maximum absolute atomic E-state index is 12.9. The molecule has 0 atom stereocenters. The van der Waals surface area contributed by atoms with Crippen LogP contribution in [0.15, 0.2) is 22.0 Å². The van der Waals surface area contributed by atoms with E-state index in [0.717, 1.165) is 37.4 Å². The van der Waals surface area contributed by atoms with Gasteiger partial charge in [0.15, 0.2) is 0 Å². The molecule has 0 spiro atoms. The Hall–Kier alpha value is -0.960. The standard InChI is InChI=1S/C18H21BrN2O2S3/c1-5-7-12-13(19)14-15(25-12)16(26-20-14)21(10-11-8-6-9-24-11)17(22)23-18(2,3)4/h6,8-9H,5,7,10H2,1-4H3. The van der Waals surface area contributed by atoms with Crippen molar-refractivity contribution in [2.75, 3.05) is 4.90 Å². The number of rotatable bonds is 5. The lowest BCUT2D eigenvalue weighted by molar-refractivity contribution is 0.0579. The monoisotopic (exact) mass is 472 g/mol. The van der Waals surface area contributed by atoms with Gasteiger partial charge in [0.25, 0.3) is 0 Å². The van der Waals surface area contributed by atoms with Gasteiger partial charge in [-0.05, 0) is 66.1 Å². The minimum absolute atomic E-state index is 0.335. The largest absolute Gasteiger partial charge is 0.443 e. The van der Waals surface area contributed by atoms with E-state index in [1.54, 1.807) is 27.6 Å². The molecule has 3 heterocycles. The van der Waals surface area contributed by atoms with Crippen LogP contribution < -0.4 is 4.90 Å². The number of halogens is 1. The number of fused-ring (bicyclic) bond motifs is 1. The number of anilines is 1. The zero-order valence-corrected chi connectivity index (χ0v) is 19.2. The number of aromatic nitrogens is 1. The molecule has 0 saturated heterocycles. The molecule has 0 fully saturated rings. The van der Waals surface area contributed by atoms with Crippen molar-refractivity contribution in [3.05, 3.63) is 31.7 Å². The van der Waals surface area contributed by atoms with E-state index in [2.05, 4.69) is 27.2 Å². The number of carbonyl (C=O) groups excluding carboxylic acids is 1. The second kappa shape index (κ2) is 7.96. The molecular weight excluding hydrogens is 452 g/mol. The number of ether oxygens (including phenoxy) is 1. The zero-order valence-electron chi connectivity index (χ0n) is 15.2. The van der Waals surface area contributed by atoms with Crippen LogP contribution in [0.2, 0.25) is 0 Å². The van der Waals surface area contributed by atoms with Crippen LogP contribution in [-0.2, 0) is 17.7 Å². The summed E-state index contributed by atoms with van der Waals surface area (Å²) < 4.78 is 12.4. The van der Waals surface area contributed by atoms with Crippen LogP contribution in [0.4, 0.5) is 9.80 Å². The molecule has 0 bridgehead atoms. The van der Waals surface area contributed by atoms with E-state index in [9.17, 15) is 4.79 Å². The highest BCUT2D eigenvalue weighted by molar-refractivity contribution is 9.10. The molecule has 0 radical (unpaired) electrons. The Labute approximate surface area is 174 Å². The normalized spacial score (nSPS) is 11.9. The van der Waals surface area contributed by atoms with Gasteiger partial charge >= 0.3 is 6.09 Å². The minimum atomic E-state index is -0.544. The van der Waals surface area contributed by atoms with Crippen LogP contribution in [0.25, 0.3) is 10.2 Å². The van der Waals surface area contributed by atoms with Crippen molar-refractivity contribution in [2.24, 2.45) is 0 Å². The van der Waals surface area contributed by atoms with Gasteiger partial charge in [-0.2, -0.15) is 4.37 Å². The summed E-state index contributed by atoms with van der Waals surface area (Å²) in [6.07, 6.45) is 1.74. The van der Waals surface area contributed by atoms with Gasteiger partial charge in [-0.25, -0.2) is 4.79 Å². The van der Waals surface area contributed by atoms with E-state index >= 15 is 0 Å². The van der Waals surface area contributed by atoms with E-state index in [0.29, 0.717) is 6.54 Å². The van der Waals surface area contributed by atoms with Crippen molar-refractivity contribution in [3.8, 4) is 0 Å². The van der Waals surface area contributed by atoms with Gasteiger partial charge in [-0.3, -0.25) is 4.90 Å². The topological polar surface area (TPSA) is 42.4 Å². The minimum Gasteiger partial charge on any atom is -0.443 e. The molecule has 0 aliphatic rings. The first-order chi connectivity index (χ1) is 12.3. The smallest absolute Gasteiger partial charge is 0.415 e. The van der Waals surface area contributed by atoms with Crippen LogP contribution >= 0.6 is 50.1 Å². The second-order valence-electron chi connectivity index (χ2n) is 6.90. The highest BCUT2D eigenvalue weighted by Gasteiger charge is 2.28. The number of aryl methyl sites for hydroxylation is 1. The van der Waals surface area contributed by atoms with Crippen LogP contribution in [0.1, 0.15) is 43.9 Å². The molecule has 8 heteroatoms. The summed E-state index contributed by atoms with van der Waals surface area (Å²) in [4.78, 5) is 17.0. The lowest BCUT2D eigenvalue weighted by atomic mass is 10.2. The molecule has 0 N–H and O–H groups in total. The van der Waals surface area contributed by atoms with Gasteiger partial charge in [0, 0.05) is 9.75 Å². The van der Waals surface area contributed by atoms with Crippen LogP contribution in [0.3, 0.4) is 0 Å². The van der Waals surface area contributed by atoms with Gasteiger partial charge in [0.2, 0.25) is 0 Å². The van der Waals surface area contributed by atoms with Gasteiger partial charge < -0.3 is 4.74 Å². The van der Waals surface area contributed by atoms with E-state index in [-0.39, 0.29) is 6.09 Å². The maximum Gasteiger partial charge on any atom is 0.415 e. The third-order valence-electron chi connectivity index (χ3n) is 3.54. The molecule has 140 valence electrons. The molecule has 0 saturated carbocycles. The number of hydrogen-bond donors (Lipinski definition) is 0. The Morgan fingerprint density at radius 2 is 2.15 bits per heavy atom. The van der Waals surface area contributed by atoms with Crippen LogP contribution in [0, 0.1) is 0 Å².